The molecule has 0 unspecified atom stereocenters. The van der Waals surface area contributed by atoms with Gasteiger partial charge in [0, 0.05) is 25.7 Å². The lowest BCUT2D eigenvalue weighted by Crippen LogP contribution is -2.03. The van der Waals surface area contributed by atoms with E-state index in [9.17, 15) is 19.2 Å². The van der Waals surface area contributed by atoms with E-state index in [1.807, 2.05) is 0 Å². The zero-order chi connectivity index (χ0) is 18.5. The molecule has 0 spiro atoms. The zero-order valence-electron chi connectivity index (χ0n) is 14.3. The molecule has 0 amide bonds. The number of rotatable bonds is 9. The van der Waals surface area contributed by atoms with Crippen LogP contribution in [0.2, 0.25) is 0 Å². The van der Waals surface area contributed by atoms with Gasteiger partial charge in [0.15, 0.2) is 5.78 Å². The van der Waals surface area contributed by atoms with Crippen molar-refractivity contribution in [2.45, 2.75) is 53.1 Å². The van der Waals surface area contributed by atoms with E-state index in [2.05, 4.69) is 0 Å². The molecule has 0 aliphatic heterocycles. The number of Topliss-reactive ketones (excluding diaryl/α,β-unsaturated/α-hetero) is 3. The van der Waals surface area contributed by atoms with Crippen LogP contribution in [0.3, 0.4) is 0 Å². The third-order valence-electron chi connectivity index (χ3n) is 2.83. The average molecular weight is 336 g/mol. The summed E-state index contributed by atoms with van der Waals surface area (Å²) in [5.74, 6) is 1.09. The number of aliphatic hydroxyl groups excluding tert-OH is 1. The second-order valence-electron chi connectivity index (χ2n) is 5.35. The first-order chi connectivity index (χ1) is 11.2. The minimum atomic E-state index is -0.117. The molecule has 0 aliphatic carbocycles. The molecule has 1 aromatic heterocycles. The van der Waals surface area contributed by atoms with E-state index in [1.165, 1.54) is 26.8 Å². The highest BCUT2D eigenvalue weighted by Crippen LogP contribution is 2.09. The minimum absolute atomic E-state index is 0.000370. The number of hydrogen-bond donors (Lipinski definition) is 1. The smallest absolute Gasteiger partial charge is 0.152 e. The molecule has 1 aromatic rings. The highest BCUT2D eigenvalue weighted by Gasteiger charge is 2.04. The molecule has 24 heavy (non-hydrogen) atoms. The maximum Gasteiger partial charge on any atom is 0.152 e. The Labute approximate surface area is 141 Å². The van der Waals surface area contributed by atoms with Crippen molar-refractivity contribution in [3.63, 3.8) is 0 Å². The SMILES string of the molecule is CC(=O)/C=C/c1ccc(CO)o1.CC(=O)CCC(=O)CCC(C)=O. The molecular formula is C18H24O6. The maximum atomic E-state index is 10.9. The van der Waals surface area contributed by atoms with Crippen LogP contribution in [0.15, 0.2) is 22.6 Å². The van der Waals surface area contributed by atoms with Gasteiger partial charge in [-0.25, -0.2) is 0 Å². The van der Waals surface area contributed by atoms with Gasteiger partial charge in [-0.15, -0.1) is 0 Å². The fourth-order valence-corrected chi connectivity index (χ4v) is 1.52. The summed E-state index contributed by atoms with van der Waals surface area (Å²) in [7, 11) is 0. The molecule has 0 atom stereocenters. The first-order valence-corrected chi connectivity index (χ1v) is 7.63. The topological polar surface area (TPSA) is 102 Å². The van der Waals surface area contributed by atoms with Crippen LogP contribution in [0, 0.1) is 0 Å². The summed E-state index contributed by atoms with van der Waals surface area (Å²) in [6, 6.07) is 3.37. The normalized spacial score (nSPS) is 10.2. The Hall–Kier alpha value is -2.34. The van der Waals surface area contributed by atoms with Crippen LogP contribution in [0.1, 0.15) is 58.0 Å². The highest BCUT2D eigenvalue weighted by molar-refractivity contribution is 5.91. The van der Waals surface area contributed by atoms with Gasteiger partial charge < -0.3 is 19.1 Å². The van der Waals surface area contributed by atoms with Crippen molar-refractivity contribution in [2.75, 3.05) is 0 Å². The first kappa shape index (κ1) is 21.7. The van der Waals surface area contributed by atoms with Crippen molar-refractivity contribution in [3.05, 3.63) is 29.7 Å². The van der Waals surface area contributed by atoms with Crippen molar-refractivity contribution in [3.8, 4) is 0 Å². The molecule has 0 fully saturated rings. The van der Waals surface area contributed by atoms with Gasteiger partial charge in [-0.2, -0.15) is 0 Å². The van der Waals surface area contributed by atoms with Crippen LogP contribution < -0.4 is 0 Å². The van der Waals surface area contributed by atoms with Crippen molar-refractivity contribution < 1.29 is 28.7 Å². The van der Waals surface area contributed by atoms with Gasteiger partial charge in [0.05, 0.1) is 0 Å². The van der Waals surface area contributed by atoms with E-state index >= 15 is 0 Å². The number of hydrogen-bond acceptors (Lipinski definition) is 6. The molecule has 0 aromatic carbocycles. The highest BCUT2D eigenvalue weighted by atomic mass is 16.4. The van der Waals surface area contributed by atoms with E-state index < -0.39 is 0 Å². The fourth-order valence-electron chi connectivity index (χ4n) is 1.52. The van der Waals surface area contributed by atoms with Crippen LogP contribution in [-0.2, 0) is 25.8 Å². The van der Waals surface area contributed by atoms with E-state index in [0.717, 1.165) is 0 Å². The second-order valence-corrected chi connectivity index (χ2v) is 5.35. The molecule has 0 saturated heterocycles. The Balaban J connectivity index is 0.000000441. The van der Waals surface area contributed by atoms with Crippen molar-refractivity contribution in [1.82, 2.24) is 0 Å². The van der Waals surface area contributed by atoms with Crippen LogP contribution in [-0.4, -0.2) is 28.2 Å². The van der Waals surface area contributed by atoms with Gasteiger partial charge >= 0.3 is 0 Å². The van der Waals surface area contributed by atoms with E-state index in [4.69, 9.17) is 9.52 Å². The molecule has 1 heterocycles. The van der Waals surface area contributed by atoms with Crippen LogP contribution in [0.4, 0.5) is 0 Å². The van der Waals surface area contributed by atoms with Gasteiger partial charge in [0.25, 0.3) is 0 Å². The number of furan rings is 1. The van der Waals surface area contributed by atoms with E-state index in [1.54, 1.807) is 18.2 Å². The summed E-state index contributed by atoms with van der Waals surface area (Å²) in [6.45, 7) is 4.26. The summed E-state index contributed by atoms with van der Waals surface area (Å²) in [6.07, 6.45) is 4.15. The Kier molecular flexibility index (Phi) is 10.9. The van der Waals surface area contributed by atoms with Crippen molar-refractivity contribution >= 4 is 29.2 Å². The number of aliphatic hydroxyl groups is 1. The first-order valence-electron chi connectivity index (χ1n) is 7.63. The van der Waals surface area contributed by atoms with Crippen LogP contribution in [0.5, 0.6) is 0 Å². The van der Waals surface area contributed by atoms with Crippen LogP contribution >= 0.6 is 0 Å². The molecule has 6 heteroatoms. The quantitative estimate of drug-likeness (QED) is 0.696. The number of allylic oxidation sites excluding steroid dienone is 1. The molecular weight excluding hydrogens is 312 g/mol. The Morgan fingerprint density at radius 2 is 1.50 bits per heavy atom. The van der Waals surface area contributed by atoms with Gasteiger partial charge in [0.1, 0.15) is 35.5 Å². The third kappa shape index (κ3) is 12.2. The lowest BCUT2D eigenvalue weighted by Gasteiger charge is -1.95. The molecule has 6 nitrogen and oxygen atoms in total. The third-order valence-corrected chi connectivity index (χ3v) is 2.83. The molecule has 0 bridgehead atoms. The summed E-state index contributed by atoms with van der Waals surface area (Å²) in [4.78, 5) is 42.4. The molecule has 0 saturated carbocycles. The Morgan fingerprint density at radius 3 is 1.88 bits per heavy atom. The largest absolute Gasteiger partial charge is 0.459 e. The predicted molar refractivity (Wildman–Crippen MR) is 89.2 cm³/mol. The molecule has 0 radical (unpaired) electrons. The maximum absolute atomic E-state index is 10.9. The van der Waals surface area contributed by atoms with Crippen molar-refractivity contribution in [1.29, 1.82) is 0 Å². The Morgan fingerprint density at radius 1 is 0.958 bits per heavy atom. The minimum Gasteiger partial charge on any atom is -0.459 e. The van der Waals surface area contributed by atoms with Gasteiger partial charge in [-0.1, -0.05) is 0 Å². The average Bonchev–Trinajstić information content (AvgIpc) is 2.97. The van der Waals surface area contributed by atoms with Gasteiger partial charge in [-0.05, 0) is 45.1 Å². The summed E-state index contributed by atoms with van der Waals surface area (Å²) >= 11 is 0. The summed E-state index contributed by atoms with van der Waals surface area (Å²) in [5, 5.41) is 8.64. The summed E-state index contributed by atoms with van der Waals surface area (Å²) in [5.41, 5.74) is 0. The molecule has 1 rings (SSSR count). The lowest BCUT2D eigenvalue weighted by atomic mass is 10.1. The standard InChI is InChI=1S/C9H10O3.C9H14O3/c1-7(11)2-3-8-4-5-9(6-10)12-8;1-7(10)3-5-9(12)6-4-8(2)11/h2-5,10H,6H2,1H3;3-6H2,1-2H3/b3-2+;. The Bertz CT molecular complexity index is 574. The van der Waals surface area contributed by atoms with Crippen molar-refractivity contribution in [2.24, 2.45) is 0 Å². The second kappa shape index (κ2) is 12.1. The molecule has 132 valence electrons. The molecule has 1 N–H and O–H groups in total. The monoisotopic (exact) mass is 336 g/mol. The zero-order valence-corrected chi connectivity index (χ0v) is 14.3. The number of carbonyl (C=O) groups is 4. The number of ketones is 4. The lowest BCUT2D eigenvalue weighted by molar-refractivity contribution is -0.125. The van der Waals surface area contributed by atoms with Gasteiger partial charge in [-0.3, -0.25) is 9.59 Å². The van der Waals surface area contributed by atoms with E-state index in [-0.39, 0.29) is 42.6 Å². The molecule has 0 aliphatic rings. The van der Waals surface area contributed by atoms with Gasteiger partial charge in [0.2, 0.25) is 0 Å². The van der Waals surface area contributed by atoms with E-state index in [0.29, 0.717) is 24.4 Å². The number of carbonyl (C=O) groups excluding carboxylic acids is 4. The summed E-state index contributed by atoms with van der Waals surface area (Å²) < 4.78 is 5.09. The predicted octanol–water partition coefficient (Wildman–Crippen LogP) is 2.67. The fraction of sp³-hybridized carbons (Fsp3) is 0.444. The van der Waals surface area contributed by atoms with Crippen LogP contribution in [0.25, 0.3) is 6.08 Å².